The zero-order valence-electron chi connectivity index (χ0n) is 9.60. The van der Waals surface area contributed by atoms with E-state index in [1.165, 1.54) is 26.2 Å². The molecule has 0 amide bonds. The zero-order valence-corrected chi connectivity index (χ0v) is 12.7. The maximum absolute atomic E-state index is 12.5. The number of alkyl halides is 1. The lowest BCUT2D eigenvalue weighted by atomic mass is 10.3. The van der Waals surface area contributed by atoms with E-state index in [1.54, 1.807) is 6.07 Å². The maximum atomic E-state index is 12.5. The van der Waals surface area contributed by atoms with Crippen molar-refractivity contribution in [3.05, 3.63) is 28.2 Å². The summed E-state index contributed by atoms with van der Waals surface area (Å²) in [7, 11) is -1.15. The van der Waals surface area contributed by atoms with E-state index in [-0.39, 0.29) is 15.7 Å². The Hall–Kier alpha value is -0.210. The van der Waals surface area contributed by atoms with Gasteiger partial charge in [-0.1, -0.05) is 29.3 Å². The van der Waals surface area contributed by atoms with Crippen LogP contribution in [0.5, 0.6) is 0 Å². The van der Waals surface area contributed by atoms with Gasteiger partial charge in [0, 0.05) is 26.0 Å². The van der Waals surface area contributed by atoms with Crippen LogP contribution >= 0.6 is 35.1 Å². The van der Waals surface area contributed by atoms with E-state index in [0.717, 1.165) is 8.02 Å². The van der Waals surface area contributed by atoms with Crippen LogP contribution in [0.3, 0.4) is 0 Å². The van der Waals surface area contributed by atoms with Gasteiger partial charge in [0.1, 0.15) is 0 Å². The molecule has 0 heterocycles. The molecular weight excluding hydrogens is 322 g/mol. The summed E-state index contributed by atoms with van der Waals surface area (Å²) >= 11 is 12.2. The van der Waals surface area contributed by atoms with Gasteiger partial charge in [0.2, 0.25) is 0 Å². The Kier molecular flexibility index (Phi) is 5.54. The fourth-order valence-corrected chi connectivity index (χ4v) is 3.70. The Morgan fingerprint density at radius 1 is 1.33 bits per heavy atom. The number of halogens is 3. The van der Waals surface area contributed by atoms with Crippen molar-refractivity contribution in [3.8, 4) is 0 Å². The van der Waals surface area contributed by atoms with Gasteiger partial charge in [0.05, 0.1) is 15.7 Å². The Balaban J connectivity index is 3.34. The monoisotopic (exact) mass is 332 g/mol. The normalized spacial score (nSPS) is 11.9. The van der Waals surface area contributed by atoms with Crippen LogP contribution < -0.4 is 3.71 Å². The quantitative estimate of drug-likeness (QED) is 0.777. The van der Waals surface area contributed by atoms with Crippen LogP contribution in [0.25, 0.3) is 0 Å². The Labute approximate surface area is 120 Å². The van der Waals surface area contributed by atoms with Gasteiger partial charge in [-0.15, -0.1) is 0 Å². The molecule has 0 aliphatic carbocycles. The molecule has 0 saturated heterocycles. The lowest BCUT2D eigenvalue weighted by Crippen LogP contribution is -2.36. The molecule has 0 atom stereocenters. The predicted octanol–water partition coefficient (Wildman–Crippen LogP) is 3.18. The van der Waals surface area contributed by atoms with Crippen LogP contribution in [-0.2, 0) is 10.2 Å². The van der Waals surface area contributed by atoms with E-state index in [0.29, 0.717) is 11.9 Å². The van der Waals surface area contributed by atoms with Crippen molar-refractivity contribution in [2.75, 3.05) is 23.8 Å². The molecule has 0 saturated carbocycles. The number of hydrogen-bond acceptors (Lipinski definition) is 3. The first-order valence-electron chi connectivity index (χ1n) is 4.68. The minimum atomic E-state index is -3.85. The Bertz CT molecular complexity index is 525. The molecule has 1 aromatic carbocycles. The molecule has 4 nitrogen and oxygen atoms in total. The minimum absolute atomic E-state index is 0.0607. The SMILES string of the molecule is CN(C)S(=O)(=O)N(SCF)c1cccc(Cl)c1Cl. The summed E-state index contributed by atoms with van der Waals surface area (Å²) in [6.45, 7) is 0. The highest BCUT2D eigenvalue weighted by atomic mass is 35.5. The lowest BCUT2D eigenvalue weighted by molar-refractivity contribution is 0.523. The third kappa shape index (κ3) is 3.21. The molecule has 0 radical (unpaired) electrons. The summed E-state index contributed by atoms with van der Waals surface area (Å²) in [5.41, 5.74) is 0.125. The first kappa shape index (κ1) is 15.8. The molecule has 0 unspecified atom stereocenters. The standard InChI is InChI=1S/C9H11Cl2FN2O2S2/c1-13(2)18(15,16)14(17-6-12)8-5-3-4-7(10)9(8)11/h3-5H,6H2,1-2H3. The predicted molar refractivity (Wildman–Crippen MR) is 75.1 cm³/mol. The zero-order chi connectivity index (χ0) is 13.9. The number of nitrogens with zero attached hydrogens (tertiary/aromatic N) is 2. The molecule has 0 fully saturated rings. The van der Waals surface area contributed by atoms with Crippen LogP contribution in [0.4, 0.5) is 10.1 Å². The van der Waals surface area contributed by atoms with Crippen molar-refractivity contribution in [1.29, 1.82) is 0 Å². The van der Waals surface area contributed by atoms with E-state index >= 15 is 0 Å². The molecule has 102 valence electrons. The van der Waals surface area contributed by atoms with Crippen molar-refractivity contribution in [2.45, 2.75) is 0 Å². The van der Waals surface area contributed by atoms with E-state index in [1.807, 2.05) is 0 Å². The number of rotatable bonds is 5. The van der Waals surface area contributed by atoms with Crippen LogP contribution in [0.1, 0.15) is 0 Å². The minimum Gasteiger partial charge on any atom is -0.237 e. The Morgan fingerprint density at radius 3 is 2.44 bits per heavy atom. The van der Waals surface area contributed by atoms with Gasteiger partial charge in [-0.2, -0.15) is 16.4 Å². The molecule has 0 aromatic heterocycles. The molecule has 0 bridgehead atoms. The molecule has 9 heteroatoms. The highest BCUT2D eigenvalue weighted by molar-refractivity contribution is 8.13. The van der Waals surface area contributed by atoms with Gasteiger partial charge in [-0.25, -0.2) is 4.39 Å². The average molecular weight is 333 g/mol. The van der Waals surface area contributed by atoms with Gasteiger partial charge >= 0.3 is 10.2 Å². The van der Waals surface area contributed by atoms with Gasteiger partial charge in [-0.3, -0.25) is 0 Å². The maximum Gasteiger partial charge on any atom is 0.313 e. The third-order valence-corrected chi connectivity index (χ3v) is 5.72. The third-order valence-electron chi connectivity index (χ3n) is 1.96. The summed E-state index contributed by atoms with van der Waals surface area (Å²) in [6.07, 6.45) is 0. The molecule has 1 aromatic rings. The highest BCUT2D eigenvalue weighted by Gasteiger charge is 2.28. The summed E-state index contributed by atoms with van der Waals surface area (Å²) in [5, 5.41) is 0.262. The summed E-state index contributed by atoms with van der Waals surface area (Å²) < 4.78 is 38.4. The van der Waals surface area contributed by atoms with Crippen molar-refractivity contribution < 1.29 is 12.8 Å². The number of hydrogen-bond donors (Lipinski definition) is 0. The summed E-state index contributed by atoms with van der Waals surface area (Å²) in [4.78, 5) is 0. The number of anilines is 1. The second kappa shape index (κ2) is 6.29. The Morgan fingerprint density at radius 2 is 1.94 bits per heavy atom. The second-order valence-corrected chi connectivity index (χ2v) is 7.18. The molecule has 1 rings (SSSR count). The molecule has 0 N–H and O–H groups in total. The van der Waals surface area contributed by atoms with E-state index < -0.39 is 16.2 Å². The molecule has 0 aliphatic rings. The van der Waals surface area contributed by atoms with E-state index in [4.69, 9.17) is 23.2 Å². The second-order valence-electron chi connectivity index (χ2n) is 3.33. The van der Waals surface area contributed by atoms with Crippen molar-refractivity contribution >= 4 is 51.0 Å². The molecule has 0 aliphatic heterocycles. The van der Waals surface area contributed by atoms with Crippen molar-refractivity contribution in [2.24, 2.45) is 0 Å². The first-order chi connectivity index (χ1) is 8.32. The molecular formula is C9H11Cl2FN2O2S2. The summed E-state index contributed by atoms with van der Waals surface area (Å²) in [5.74, 6) is 0. The fraction of sp³-hybridized carbons (Fsp3) is 0.333. The first-order valence-corrected chi connectivity index (χ1v) is 7.77. The molecule has 0 spiro atoms. The number of benzene rings is 1. The molecule has 18 heavy (non-hydrogen) atoms. The lowest BCUT2D eigenvalue weighted by Gasteiger charge is -2.25. The highest BCUT2D eigenvalue weighted by Crippen LogP contribution is 2.37. The van der Waals surface area contributed by atoms with Crippen LogP contribution in [-0.4, -0.2) is 32.8 Å². The van der Waals surface area contributed by atoms with Crippen LogP contribution in [0.15, 0.2) is 18.2 Å². The van der Waals surface area contributed by atoms with Crippen molar-refractivity contribution in [3.63, 3.8) is 0 Å². The summed E-state index contributed by atoms with van der Waals surface area (Å²) in [6, 6.07) is 3.61. The van der Waals surface area contributed by atoms with Gasteiger partial charge in [0.15, 0.2) is 6.01 Å². The average Bonchev–Trinajstić information content (AvgIpc) is 2.30. The van der Waals surface area contributed by atoms with E-state index in [2.05, 4.69) is 0 Å². The van der Waals surface area contributed by atoms with E-state index in [9.17, 15) is 12.8 Å². The fourth-order valence-electron chi connectivity index (χ4n) is 1.09. The van der Waals surface area contributed by atoms with Gasteiger partial charge in [-0.05, 0) is 12.1 Å². The topological polar surface area (TPSA) is 40.6 Å². The van der Waals surface area contributed by atoms with Gasteiger partial charge < -0.3 is 0 Å². The van der Waals surface area contributed by atoms with Gasteiger partial charge in [0.25, 0.3) is 0 Å². The van der Waals surface area contributed by atoms with Crippen LogP contribution in [0, 0.1) is 0 Å². The van der Waals surface area contributed by atoms with Crippen molar-refractivity contribution in [1.82, 2.24) is 4.31 Å². The smallest absolute Gasteiger partial charge is 0.237 e. The largest absolute Gasteiger partial charge is 0.313 e. The van der Waals surface area contributed by atoms with Crippen LogP contribution in [0.2, 0.25) is 10.0 Å².